The molecular formula is C17H23ClN2O3S. The van der Waals surface area contributed by atoms with Crippen LogP contribution in [0.1, 0.15) is 41.6 Å². The van der Waals surface area contributed by atoms with E-state index in [0.717, 1.165) is 31.4 Å². The maximum absolute atomic E-state index is 12.5. The van der Waals surface area contributed by atoms with Crippen molar-refractivity contribution in [2.75, 3.05) is 13.1 Å². The van der Waals surface area contributed by atoms with Gasteiger partial charge in [-0.15, -0.1) is 12.4 Å². The molecule has 0 amide bonds. The zero-order valence-electron chi connectivity index (χ0n) is 13.5. The van der Waals surface area contributed by atoms with Gasteiger partial charge in [0, 0.05) is 24.6 Å². The van der Waals surface area contributed by atoms with Crippen molar-refractivity contribution < 1.29 is 13.2 Å². The first-order chi connectivity index (χ1) is 11.0. The van der Waals surface area contributed by atoms with Crippen LogP contribution in [0.15, 0.2) is 23.1 Å². The molecule has 1 aromatic rings. The second-order valence-electron chi connectivity index (χ2n) is 7.05. The smallest absolute Gasteiger partial charge is 0.240 e. The molecule has 5 rings (SSSR count). The topological polar surface area (TPSA) is 75.3 Å². The van der Waals surface area contributed by atoms with Crippen LogP contribution in [0, 0.1) is 11.8 Å². The van der Waals surface area contributed by atoms with E-state index >= 15 is 0 Å². The van der Waals surface area contributed by atoms with Crippen molar-refractivity contribution in [3.05, 3.63) is 29.3 Å². The van der Waals surface area contributed by atoms with Gasteiger partial charge in [-0.3, -0.25) is 4.79 Å². The molecule has 132 valence electrons. The van der Waals surface area contributed by atoms with E-state index < -0.39 is 10.0 Å². The Balaban J connectivity index is 0.00000169. The highest BCUT2D eigenvalue weighted by Crippen LogP contribution is 2.33. The number of benzene rings is 1. The minimum atomic E-state index is -3.55. The summed E-state index contributed by atoms with van der Waals surface area (Å²) < 4.78 is 27.8. The molecule has 0 spiro atoms. The maximum atomic E-state index is 12.5. The Morgan fingerprint density at radius 1 is 1.21 bits per heavy atom. The van der Waals surface area contributed by atoms with Gasteiger partial charge in [0.2, 0.25) is 10.0 Å². The standard InChI is InChI=1S/C17H22N2O3S.ClH/c20-17-6-3-12-2-4-14(8-15(12)17)23(21,22)19-10-13-7-11-1-5-16(13)18-9-11;/h2,4,8,11,13,16,18-19H,1,3,5-7,9-10H2;1H. The summed E-state index contributed by atoms with van der Waals surface area (Å²) in [6.07, 6.45) is 4.71. The number of carbonyl (C=O) groups excluding carboxylic acids is 1. The number of halogens is 1. The van der Waals surface area contributed by atoms with E-state index in [0.29, 0.717) is 36.4 Å². The van der Waals surface area contributed by atoms with E-state index in [9.17, 15) is 13.2 Å². The Labute approximate surface area is 149 Å². The van der Waals surface area contributed by atoms with Crippen molar-refractivity contribution in [3.8, 4) is 0 Å². The fourth-order valence-corrected chi connectivity index (χ4v) is 5.36. The Hall–Kier alpha value is -0.950. The van der Waals surface area contributed by atoms with Gasteiger partial charge in [-0.1, -0.05) is 6.07 Å². The molecular weight excluding hydrogens is 348 g/mol. The summed E-state index contributed by atoms with van der Waals surface area (Å²) in [5, 5.41) is 3.50. The van der Waals surface area contributed by atoms with Crippen LogP contribution in [0.25, 0.3) is 0 Å². The van der Waals surface area contributed by atoms with Gasteiger partial charge >= 0.3 is 0 Å². The molecule has 2 bridgehead atoms. The van der Waals surface area contributed by atoms with Crippen LogP contribution in [-0.4, -0.2) is 33.3 Å². The molecule has 2 heterocycles. The lowest BCUT2D eigenvalue weighted by molar-refractivity contribution is 0.0994. The first-order valence-corrected chi connectivity index (χ1v) is 9.90. The molecule has 3 atom stereocenters. The largest absolute Gasteiger partial charge is 0.313 e. The maximum Gasteiger partial charge on any atom is 0.240 e. The molecule has 2 aliphatic heterocycles. The van der Waals surface area contributed by atoms with Crippen molar-refractivity contribution in [2.24, 2.45) is 11.8 Å². The van der Waals surface area contributed by atoms with Gasteiger partial charge < -0.3 is 5.32 Å². The number of piperidine rings is 2. The van der Waals surface area contributed by atoms with Crippen LogP contribution in [0.3, 0.4) is 0 Å². The fraction of sp³-hybridized carbons (Fsp3) is 0.588. The first-order valence-electron chi connectivity index (χ1n) is 8.42. The number of Topliss-reactive ketones (excluding diaryl/α,β-unsaturated/α-hetero) is 1. The van der Waals surface area contributed by atoms with Gasteiger partial charge in [0.05, 0.1) is 4.90 Å². The van der Waals surface area contributed by atoms with Crippen LogP contribution in [0.5, 0.6) is 0 Å². The summed E-state index contributed by atoms with van der Waals surface area (Å²) in [6.45, 7) is 1.54. The Morgan fingerprint density at radius 2 is 2.04 bits per heavy atom. The quantitative estimate of drug-likeness (QED) is 0.848. The molecule has 2 saturated heterocycles. The second kappa shape index (κ2) is 6.75. The average molecular weight is 371 g/mol. The molecule has 3 unspecified atom stereocenters. The number of ketones is 1. The predicted octanol–water partition coefficient (Wildman–Crippen LogP) is 1.90. The zero-order valence-corrected chi connectivity index (χ0v) is 15.1. The van der Waals surface area contributed by atoms with E-state index in [-0.39, 0.29) is 23.1 Å². The summed E-state index contributed by atoms with van der Waals surface area (Å²) in [4.78, 5) is 12.0. The normalized spacial score (nSPS) is 28.5. The number of aryl methyl sites for hydroxylation is 1. The lowest BCUT2D eigenvalue weighted by Gasteiger charge is -2.43. The van der Waals surface area contributed by atoms with Gasteiger partial charge in [0.1, 0.15) is 0 Å². The fourth-order valence-electron chi connectivity index (χ4n) is 4.24. The highest BCUT2D eigenvalue weighted by atomic mass is 35.5. The average Bonchev–Trinajstić information content (AvgIpc) is 2.95. The Bertz CT molecular complexity index is 742. The molecule has 4 aliphatic rings. The van der Waals surface area contributed by atoms with Gasteiger partial charge in [-0.05, 0) is 61.8 Å². The van der Waals surface area contributed by atoms with Crippen LogP contribution in [-0.2, 0) is 16.4 Å². The third-order valence-corrected chi connectivity index (χ3v) is 7.03. The molecule has 24 heavy (non-hydrogen) atoms. The minimum absolute atomic E-state index is 0. The lowest BCUT2D eigenvalue weighted by atomic mass is 9.74. The highest BCUT2D eigenvalue weighted by Gasteiger charge is 2.35. The number of carbonyl (C=O) groups is 1. The number of sulfonamides is 1. The number of nitrogens with one attached hydrogen (secondary N) is 2. The summed E-state index contributed by atoms with van der Waals surface area (Å²) in [6, 6.07) is 5.37. The van der Waals surface area contributed by atoms with Gasteiger partial charge in [0.15, 0.2) is 5.78 Å². The SMILES string of the molecule is Cl.O=C1CCc2ccc(S(=O)(=O)NCC3CC4CCC3NC4)cc21. The van der Waals surface area contributed by atoms with Gasteiger partial charge in [0.25, 0.3) is 0 Å². The third-order valence-electron chi connectivity index (χ3n) is 5.61. The molecule has 7 heteroatoms. The number of hydrogen-bond donors (Lipinski definition) is 2. The molecule has 0 aromatic heterocycles. The zero-order chi connectivity index (χ0) is 16.0. The van der Waals surface area contributed by atoms with Crippen molar-refractivity contribution >= 4 is 28.2 Å². The van der Waals surface area contributed by atoms with E-state index in [1.165, 1.54) is 12.5 Å². The number of hydrogen-bond acceptors (Lipinski definition) is 4. The van der Waals surface area contributed by atoms with E-state index in [1.807, 2.05) is 0 Å². The third kappa shape index (κ3) is 3.25. The molecule has 3 fully saturated rings. The van der Waals surface area contributed by atoms with Gasteiger partial charge in [-0.25, -0.2) is 13.1 Å². The summed E-state index contributed by atoms with van der Waals surface area (Å²) in [5.41, 5.74) is 1.54. The van der Waals surface area contributed by atoms with Crippen LogP contribution in [0.2, 0.25) is 0 Å². The minimum Gasteiger partial charge on any atom is -0.313 e. The molecule has 5 nitrogen and oxygen atoms in total. The Kier molecular flexibility index (Phi) is 5.02. The molecule has 0 radical (unpaired) electrons. The summed E-state index contributed by atoms with van der Waals surface area (Å²) in [5.74, 6) is 1.10. The Morgan fingerprint density at radius 3 is 2.71 bits per heavy atom. The van der Waals surface area contributed by atoms with E-state index in [2.05, 4.69) is 10.0 Å². The summed E-state index contributed by atoms with van der Waals surface area (Å²) >= 11 is 0. The number of fused-ring (bicyclic) bond motifs is 4. The van der Waals surface area contributed by atoms with Crippen molar-refractivity contribution in [1.29, 1.82) is 0 Å². The van der Waals surface area contributed by atoms with E-state index in [4.69, 9.17) is 0 Å². The molecule has 2 aliphatic carbocycles. The van der Waals surface area contributed by atoms with Crippen molar-refractivity contribution in [1.82, 2.24) is 10.0 Å². The van der Waals surface area contributed by atoms with Crippen molar-refractivity contribution in [2.45, 2.75) is 43.0 Å². The van der Waals surface area contributed by atoms with Gasteiger partial charge in [-0.2, -0.15) is 0 Å². The second-order valence-corrected chi connectivity index (χ2v) is 8.81. The van der Waals surface area contributed by atoms with E-state index in [1.54, 1.807) is 12.1 Å². The van der Waals surface area contributed by atoms with Crippen LogP contribution in [0.4, 0.5) is 0 Å². The molecule has 1 aromatic carbocycles. The van der Waals surface area contributed by atoms with Crippen LogP contribution < -0.4 is 10.0 Å². The molecule has 1 saturated carbocycles. The highest BCUT2D eigenvalue weighted by molar-refractivity contribution is 7.89. The predicted molar refractivity (Wildman–Crippen MR) is 94.2 cm³/mol. The molecule has 2 N–H and O–H groups in total. The summed E-state index contributed by atoms with van der Waals surface area (Å²) in [7, 11) is -3.55. The van der Waals surface area contributed by atoms with Crippen LogP contribution >= 0.6 is 12.4 Å². The monoisotopic (exact) mass is 370 g/mol. The number of rotatable bonds is 4. The lowest BCUT2D eigenvalue weighted by Crippen LogP contribution is -2.53. The first kappa shape index (κ1) is 17.9. The van der Waals surface area contributed by atoms with Crippen molar-refractivity contribution in [3.63, 3.8) is 0 Å².